The third-order valence-corrected chi connectivity index (χ3v) is 6.63. The predicted molar refractivity (Wildman–Crippen MR) is 136 cm³/mol. The van der Waals surface area contributed by atoms with Crippen molar-refractivity contribution in [3.8, 4) is 28.5 Å². The van der Waals surface area contributed by atoms with Crippen molar-refractivity contribution in [2.75, 3.05) is 25.5 Å². The monoisotopic (exact) mass is 449 g/mol. The molecule has 0 atom stereocenters. The summed E-state index contributed by atoms with van der Waals surface area (Å²) in [4.78, 5) is 9.77. The summed E-state index contributed by atoms with van der Waals surface area (Å²) in [5.74, 6) is 0.626. The number of nitrogens with one attached hydrogen (secondary N) is 3. The van der Waals surface area contributed by atoms with Crippen molar-refractivity contribution >= 4 is 22.9 Å². The first kappa shape index (κ1) is 21.8. The highest BCUT2D eigenvalue weighted by molar-refractivity contribution is 6.00. The lowest BCUT2D eigenvalue weighted by Gasteiger charge is -2.23. The first-order chi connectivity index (χ1) is 16.7. The standard InChI is InChI=1S/C27H27N7/c1-30-23-7-6-21(12-22(23)14-29)26-25(20-4-2-18(13-28)3-5-20)27-24(15-32-26)34(17-33-27)16-19-8-10-31-11-9-19/h2-7,12,14-15,17,19,29-31H,8-11,16H2,1H3. The number of benzene rings is 2. The highest BCUT2D eigenvalue weighted by Crippen LogP contribution is 2.37. The largest absolute Gasteiger partial charge is 0.388 e. The van der Waals surface area contributed by atoms with E-state index < -0.39 is 0 Å². The third-order valence-electron chi connectivity index (χ3n) is 6.63. The maximum absolute atomic E-state index is 9.26. The number of hydrogen-bond acceptors (Lipinski definition) is 6. The summed E-state index contributed by atoms with van der Waals surface area (Å²) in [7, 11) is 1.85. The molecule has 1 aliphatic rings. The van der Waals surface area contributed by atoms with Gasteiger partial charge >= 0.3 is 0 Å². The Morgan fingerprint density at radius 2 is 1.91 bits per heavy atom. The van der Waals surface area contributed by atoms with Gasteiger partial charge < -0.3 is 20.6 Å². The molecule has 2 aromatic carbocycles. The maximum Gasteiger partial charge on any atom is 0.100 e. The van der Waals surface area contributed by atoms with Gasteiger partial charge in [-0.3, -0.25) is 4.98 Å². The lowest BCUT2D eigenvalue weighted by molar-refractivity contribution is 0.336. The summed E-state index contributed by atoms with van der Waals surface area (Å²) in [6, 6.07) is 15.7. The fourth-order valence-corrected chi connectivity index (χ4v) is 4.77. The number of aromatic nitrogens is 3. The van der Waals surface area contributed by atoms with E-state index in [4.69, 9.17) is 15.4 Å². The lowest BCUT2D eigenvalue weighted by atomic mass is 9.95. The summed E-state index contributed by atoms with van der Waals surface area (Å²) in [6.07, 6.45) is 7.53. The number of fused-ring (bicyclic) bond motifs is 1. The Balaban J connectivity index is 1.67. The van der Waals surface area contributed by atoms with Gasteiger partial charge in [0.15, 0.2) is 0 Å². The van der Waals surface area contributed by atoms with Gasteiger partial charge in [-0.25, -0.2) is 4.98 Å². The fraction of sp³-hybridized carbons (Fsp3) is 0.259. The van der Waals surface area contributed by atoms with E-state index in [1.165, 1.54) is 6.21 Å². The summed E-state index contributed by atoms with van der Waals surface area (Å²) >= 11 is 0. The van der Waals surface area contributed by atoms with Crippen molar-refractivity contribution in [2.24, 2.45) is 5.92 Å². The average Bonchev–Trinajstić information content (AvgIpc) is 3.31. The minimum absolute atomic E-state index is 0.617. The molecule has 34 heavy (non-hydrogen) atoms. The second-order valence-corrected chi connectivity index (χ2v) is 8.69. The van der Waals surface area contributed by atoms with E-state index >= 15 is 0 Å². The average molecular weight is 450 g/mol. The Labute approximate surface area is 199 Å². The Bertz CT molecular complexity index is 1370. The van der Waals surface area contributed by atoms with Crippen LogP contribution in [-0.4, -0.2) is 40.9 Å². The summed E-state index contributed by atoms with van der Waals surface area (Å²) in [5, 5.41) is 23.7. The van der Waals surface area contributed by atoms with E-state index in [1.807, 2.05) is 62.0 Å². The molecule has 0 aliphatic carbocycles. The molecule has 7 heteroatoms. The summed E-state index contributed by atoms with van der Waals surface area (Å²) in [6.45, 7) is 3.06. The maximum atomic E-state index is 9.26. The van der Waals surface area contributed by atoms with Gasteiger partial charge in [-0.05, 0) is 61.7 Å². The molecule has 0 radical (unpaired) electrons. The molecule has 170 valence electrons. The molecule has 0 saturated carbocycles. The number of nitriles is 1. The van der Waals surface area contributed by atoms with E-state index in [0.717, 1.165) is 77.1 Å². The minimum Gasteiger partial charge on any atom is -0.388 e. The first-order valence-corrected chi connectivity index (χ1v) is 11.6. The molecular formula is C27H27N7. The SMILES string of the molecule is CNc1ccc(-c2ncc3c(ncn3CC3CCNCC3)c2-c2ccc(C#N)cc2)cc1C=N. The molecular weight excluding hydrogens is 422 g/mol. The van der Waals surface area contributed by atoms with Crippen LogP contribution in [0.25, 0.3) is 33.4 Å². The van der Waals surface area contributed by atoms with Crippen LogP contribution >= 0.6 is 0 Å². The quantitative estimate of drug-likeness (QED) is 0.371. The minimum atomic E-state index is 0.617. The van der Waals surface area contributed by atoms with Crippen LogP contribution in [-0.2, 0) is 6.54 Å². The van der Waals surface area contributed by atoms with E-state index in [9.17, 15) is 5.26 Å². The Morgan fingerprint density at radius 1 is 1.15 bits per heavy atom. The highest BCUT2D eigenvalue weighted by Gasteiger charge is 2.20. The fourth-order valence-electron chi connectivity index (χ4n) is 4.77. The van der Waals surface area contributed by atoms with Gasteiger partial charge in [0.25, 0.3) is 0 Å². The second kappa shape index (κ2) is 9.46. The number of nitrogens with zero attached hydrogens (tertiary/aromatic N) is 4. The van der Waals surface area contributed by atoms with Crippen LogP contribution in [0.4, 0.5) is 5.69 Å². The molecule has 7 nitrogen and oxygen atoms in total. The predicted octanol–water partition coefficient (Wildman–Crippen LogP) is 4.68. The van der Waals surface area contributed by atoms with Crippen LogP contribution in [0.15, 0.2) is 55.0 Å². The Hall–Kier alpha value is -4.02. The van der Waals surface area contributed by atoms with Gasteiger partial charge in [-0.15, -0.1) is 0 Å². The van der Waals surface area contributed by atoms with Crippen LogP contribution in [0.2, 0.25) is 0 Å². The molecule has 2 aromatic heterocycles. The van der Waals surface area contributed by atoms with Crippen LogP contribution in [0.3, 0.4) is 0 Å². The zero-order valence-electron chi connectivity index (χ0n) is 19.2. The van der Waals surface area contributed by atoms with Gasteiger partial charge in [0.1, 0.15) is 5.52 Å². The van der Waals surface area contributed by atoms with Crippen molar-refractivity contribution in [1.29, 1.82) is 10.7 Å². The number of anilines is 1. The number of piperidine rings is 1. The van der Waals surface area contributed by atoms with Gasteiger partial charge in [0.2, 0.25) is 0 Å². The molecule has 0 unspecified atom stereocenters. The van der Waals surface area contributed by atoms with E-state index in [2.05, 4.69) is 21.3 Å². The number of rotatable bonds is 6. The van der Waals surface area contributed by atoms with Gasteiger partial charge in [0.05, 0.1) is 35.4 Å². The van der Waals surface area contributed by atoms with Crippen molar-refractivity contribution in [2.45, 2.75) is 19.4 Å². The Morgan fingerprint density at radius 3 is 2.62 bits per heavy atom. The second-order valence-electron chi connectivity index (χ2n) is 8.69. The van der Waals surface area contributed by atoms with Crippen LogP contribution in [0.1, 0.15) is 24.0 Å². The number of imidazole rings is 1. The molecule has 0 spiro atoms. The highest BCUT2D eigenvalue weighted by atomic mass is 15.1. The lowest BCUT2D eigenvalue weighted by Crippen LogP contribution is -2.29. The van der Waals surface area contributed by atoms with Crippen LogP contribution < -0.4 is 10.6 Å². The first-order valence-electron chi connectivity index (χ1n) is 11.6. The molecule has 5 rings (SSSR count). The summed E-state index contributed by atoms with van der Waals surface area (Å²) in [5.41, 5.74) is 7.87. The van der Waals surface area contributed by atoms with E-state index in [1.54, 1.807) is 0 Å². The molecule has 4 aromatic rings. The molecule has 0 amide bonds. The topological polar surface area (TPSA) is 102 Å². The van der Waals surface area contributed by atoms with Gasteiger partial charge in [-0.1, -0.05) is 18.2 Å². The van der Waals surface area contributed by atoms with E-state index in [0.29, 0.717) is 11.5 Å². The van der Waals surface area contributed by atoms with Crippen molar-refractivity contribution in [3.63, 3.8) is 0 Å². The molecule has 3 heterocycles. The summed E-state index contributed by atoms with van der Waals surface area (Å²) < 4.78 is 2.22. The normalized spacial score (nSPS) is 14.1. The molecule has 1 aliphatic heterocycles. The molecule has 3 N–H and O–H groups in total. The van der Waals surface area contributed by atoms with E-state index in [-0.39, 0.29) is 0 Å². The smallest absolute Gasteiger partial charge is 0.100 e. The number of pyridine rings is 1. The van der Waals surface area contributed by atoms with Crippen LogP contribution in [0, 0.1) is 22.7 Å². The number of hydrogen-bond donors (Lipinski definition) is 3. The van der Waals surface area contributed by atoms with Crippen molar-refractivity contribution in [1.82, 2.24) is 19.9 Å². The third kappa shape index (κ3) is 4.04. The van der Waals surface area contributed by atoms with Gasteiger partial charge in [0, 0.05) is 42.2 Å². The molecule has 1 saturated heterocycles. The molecule has 1 fully saturated rings. The van der Waals surface area contributed by atoms with Crippen molar-refractivity contribution in [3.05, 3.63) is 66.1 Å². The van der Waals surface area contributed by atoms with Gasteiger partial charge in [-0.2, -0.15) is 5.26 Å². The Kier molecular flexibility index (Phi) is 6.07. The van der Waals surface area contributed by atoms with Crippen LogP contribution in [0.5, 0.6) is 0 Å². The van der Waals surface area contributed by atoms with Crippen molar-refractivity contribution < 1.29 is 0 Å². The molecule has 0 bridgehead atoms. The zero-order valence-corrected chi connectivity index (χ0v) is 19.2. The zero-order chi connectivity index (χ0) is 23.5.